The van der Waals surface area contributed by atoms with Crippen LogP contribution >= 0.6 is 23.2 Å². The molecule has 0 bridgehead atoms. The predicted molar refractivity (Wildman–Crippen MR) is 62.8 cm³/mol. The van der Waals surface area contributed by atoms with E-state index in [4.69, 9.17) is 28.9 Å². The topological polar surface area (TPSA) is 26.0 Å². The summed E-state index contributed by atoms with van der Waals surface area (Å²) in [5.41, 5.74) is 7.79. The van der Waals surface area contributed by atoms with Crippen molar-refractivity contribution in [3.05, 3.63) is 46.0 Å². The third kappa shape index (κ3) is 2.74. The molecule has 1 nitrogen and oxygen atoms in total. The normalized spacial score (nSPS) is 12.6. The first-order valence-electron chi connectivity index (χ1n) is 4.36. The summed E-state index contributed by atoms with van der Waals surface area (Å²) in [5.74, 6) is 0. The van der Waals surface area contributed by atoms with Crippen LogP contribution in [0.2, 0.25) is 10.0 Å². The zero-order chi connectivity index (χ0) is 10.7. The highest BCUT2D eigenvalue weighted by Gasteiger charge is 2.13. The molecule has 0 amide bonds. The van der Waals surface area contributed by atoms with Crippen molar-refractivity contribution in [2.45, 2.75) is 19.4 Å². The van der Waals surface area contributed by atoms with Gasteiger partial charge in [0.1, 0.15) is 0 Å². The Morgan fingerprint density at radius 1 is 1.43 bits per heavy atom. The highest BCUT2D eigenvalue weighted by molar-refractivity contribution is 6.36. The Kier molecular flexibility index (Phi) is 3.99. The zero-order valence-electron chi connectivity index (χ0n) is 8.06. The lowest BCUT2D eigenvalue weighted by Crippen LogP contribution is -2.11. The first-order valence-corrected chi connectivity index (χ1v) is 5.12. The number of benzene rings is 1. The lowest BCUT2D eigenvalue weighted by atomic mass is 10.0. The molecule has 1 aromatic carbocycles. The fourth-order valence-corrected chi connectivity index (χ4v) is 2.02. The van der Waals surface area contributed by atoms with Gasteiger partial charge in [0, 0.05) is 21.7 Å². The van der Waals surface area contributed by atoms with Gasteiger partial charge in [0.15, 0.2) is 0 Å². The molecule has 0 unspecified atom stereocenters. The SMILES string of the molecule is C=C(C)C[C@@H](N)c1c(Cl)cccc1Cl. The molecule has 0 radical (unpaired) electrons. The van der Waals surface area contributed by atoms with E-state index in [0.29, 0.717) is 16.5 Å². The van der Waals surface area contributed by atoms with E-state index >= 15 is 0 Å². The Labute approximate surface area is 94.5 Å². The lowest BCUT2D eigenvalue weighted by molar-refractivity contribution is 0.717. The minimum absolute atomic E-state index is 0.173. The Balaban J connectivity index is 2.99. The molecule has 0 saturated heterocycles. The molecule has 14 heavy (non-hydrogen) atoms. The Bertz CT molecular complexity index is 327. The van der Waals surface area contributed by atoms with Gasteiger partial charge in [0.25, 0.3) is 0 Å². The van der Waals surface area contributed by atoms with Crippen molar-refractivity contribution in [2.75, 3.05) is 0 Å². The molecule has 1 atom stereocenters. The third-order valence-electron chi connectivity index (χ3n) is 1.94. The summed E-state index contributed by atoms with van der Waals surface area (Å²) in [7, 11) is 0. The highest BCUT2D eigenvalue weighted by atomic mass is 35.5. The number of nitrogens with two attached hydrogens (primary N) is 1. The highest BCUT2D eigenvalue weighted by Crippen LogP contribution is 2.31. The molecule has 0 saturated carbocycles. The summed E-state index contributed by atoms with van der Waals surface area (Å²) in [6.07, 6.45) is 0.698. The largest absolute Gasteiger partial charge is 0.324 e. The molecule has 0 spiro atoms. The van der Waals surface area contributed by atoms with Crippen LogP contribution in [0.3, 0.4) is 0 Å². The Morgan fingerprint density at radius 3 is 2.36 bits per heavy atom. The standard InChI is InChI=1S/C11H13Cl2N/c1-7(2)6-10(14)11-8(12)4-3-5-9(11)13/h3-5,10H,1,6,14H2,2H3/t10-/m1/s1. The van der Waals surface area contributed by atoms with Crippen LogP contribution in [0.1, 0.15) is 24.9 Å². The summed E-state index contributed by atoms with van der Waals surface area (Å²) < 4.78 is 0. The number of hydrogen-bond acceptors (Lipinski definition) is 1. The number of halogens is 2. The van der Waals surface area contributed by atoms with Crippen molar-refractivity contribution in [1.29, 1.82) is 0 Å². The fraction of sp³-hybridized carbons (Fsp3) is 0.273. The van der Waals surface area contributed by atoms with Crippen molar-refractivity contribution in [3.8, 4) is 0 Å². The van der Waals surface area contributed by atoms with Gasteiger partial charge in [0.05, 0.1) is 0 Å². The monoisotopic (exact) mass is 229 g/mol. The molecule has 76 valence electrons. The van der Waals surface area contributed by atoms with Gasteiger partial charge < -0.3 is 5.73 Å². The van der Waals surface area contributed by atoms with E-state index < -0.39 is 0 Å². The van der Waals surface area contributed by atoms with Gasteiger partial charge in [-0.25, -0.2) is 0 Å². The van der Waals surface area contributed by atoms with E-state index in [0.717, 1.165) is 11.1 Å². The van der Waals surface area contributed by atoms with E-state index in [-0.39, 0.29) is 6.04 Å². The molecule has 0 aliphatic heterocycles. The molecule has 0 aliphatic carbocycles. The van der Waals surface area contributed by atoms with E-state index in [1.165, 1.54) is 0 Å². The average Bonchev–Trinajstić information content (AvgIpc) is 2.01. The number of rotatable bonds is 3. The van der Waals surface area contributed by atoms with E-state index in [2.05, 4.69) is 6.58 Å². The molecular weight excluding hydrogens is 217 g/mol. The van der Waals surface area contributed by atoms with Crippen LogP contribution in [0.4, 0.5) is 0 Å². The van der Waals surface area contributed by atoms with Gasteiger partial charge in [-0.3, -0.25) is 0 Å². The van der Waals surface area contributed by atoms with Crippen LogP contribution in [0.15, 0.2) is 30.4 Å². The second-order valence-corrected chi connectivity index (χ2v) is 4.22. The van der Waals surface area contributed by atoms with Crippen LogP contribution < -0.4 is 5.73 Å². The van der Waals surface area contributed by atoms with Gasteiger partial charge in [-0.05, 0) is 25.5 Å². The van der Waals surface area contributed by atoms with Crippen molar-refractivity contribution >= 4 is 23.2 Å². The van der Waals surface area contributed by atoms with Crippen LogP contribution in [0.25, 0.3) is 0 Å². The molecule has 0 fully saturated rings. The minimum atomic E-state index is -0.173. The van der Waals surface area contributed by atoms with E-state index in [1.54, 1.807) is 12.1 Å². The summed E-state index contributed by atoms with van der Waals surface area (Å²) in [6, 6.07) is 5.22. The van der Waals surface area contributed by atoms with Crippen LogP contribution in [0, 0.1) is 0 Å². The van der Waals surface area contributed by atoms with E-state index in [9.17, 15) is 0 Å². The molecule has 1 rings (SSSR count). The molecule has 0 aromatic heterocycles. The second-order valence-electron chi connectivity index (χ2n) is 3.40. The predicted octanol–water partition coefficient (Wildman–Crippen LogP) is 3.96. The van der Waals surface area contributed by atoms with Crippen molar-refractivity contribution in [1.82, 2.24) is 0 Å². The fourth-order valence-electron chi connectivity index (χ4n) is 1.34. The summed E-state index contributed by atoms with van der Waals surface area (Å²) in [4.78, 5) is 0. The number of hydrogen-bond donors (Lipinski definition) is 1. The molecule has 0 aliphatic rings. The zero-order valence-corrected chi connectivity index (χ0v) is 9.57. The summed E-state index contributed by atoms with van der Waals surface area (Å²) in [6.45, 7) is 5.75. The van der Waals surface area contributed by atoms with Gasteiger partial charge in [-0.15, -0.1) is 6.58 Å². The second kappa shape index (κ2) is 4.83. The summed E-state index contributed by atoms with van der Waals surface area (Å²) in [5, 5.41) is 1.23. The van der Waals surface area contributed by atoms with Gasteiger partial charge >= 0.3 is 0 Å². The molecular formula is C11H13Cl2N. The molecule has 3 heteroatoms. The quantitative estimate of drug-likeness (QED) is 0.781. The van der Waals surface area contributed by atoms with Crippen LogP contribution in [-0.4, -0.2) is 0 Å². The van der Waals surface area contributed by atoms with E-state index in [1.807, 2.05) is 13.0 Å². The Morgan fingerprint density at radius 2 is 1.93 bits per heavy atom. The maximum Gasteiger partial charge on any atom is 0.0468 e. The summed E-state index contributed by atoms with van der Waals surface area (Å²) >= 11 is 12.0. The van der Waals surface area contributed by atoms with Crippen LogP contribution in [-0.2, 0) is 0 Å². The third-order valence-corrected chi connectivity index (χ3v) is 2.60. The Hall–Kier alpha value is -0.500. The van der Waals surface area contributed by atoms with Gasteiger partial charge in [0.2, 0.25) is 0 Å². The first kappa shape index (κ1) is 11.6. The smallest absolute Gasteiger partial charge is 0.0468 e. The van der Waals surface area contributed by atoms with Crippen molar-refractivity contribution in [2.24, 2.45) is 5.73 Å². The van der Waals surface area contributed by atoms with Gasteiger partial charge in [-0.2, -0.15) is 0 Å². The van der Waals surface area contributed by atoms with Crippen molar-refractivity contribution in [3.63, 3.8) is 0 Å². The first-order chi connectivity index (χ1) is 6.52. The van der Waals surface area contributed by atoms with Gasteiger partial charge in [-0.1, -0.05) is 34.8 Å². The van der Waals surface area contributed by atoms with Crippen molar-refractivity contribution < 1.29 is 0 Å². The minimum Gasteiger partial charge on any atom is -0.324 e. The molecule has 0 heterocycles. The maximum absolute atomic E-state index is 6.01. The lowest BCUT2D eigenvalue weighted by Gasteiger charge is -2.15. The van der Waals surface area contributed by atoms with Crippen LogP contribution in [0.5, 0.6) is 0 Å². The molecule has 2 N–H and O–H groups in total. The average molecular weight is 230 g/mol. The molecule has 1 aromatic rings. The maximum atomic E-state index is 6.01.